The Morgan fingerprint density at radius 3 is 2.35 bits per heavy atom. The first-order valence-electron chi connectivity index (χ1n) is 5.16. The Kier molecular flexibility index (Phi) is 4.37. The molecular weight excluding hydrogens is 244 g/mol. The summed E-state index contributed by atoms with van der Waals surface area (Å²) in [7, 11) is 1.16. The fourth-order valence-electron chi connectivity index (χ4n) is 1.53. The molecule has 0 spiro atoms. The first-order valence-corrected chi connectivity index (χ1v) is 5.54. The number of aromatic hydroxyl groups is 1. The molecule has 0 radical (unpaired) electrons. The van der Waals surface area contributed by atoms with E-state index in [1.54, 1.807) is 6.07 Å². The molecule has 2 N–H and O–H groups in total. The highest BCUT2D eigenvalue weighted by molar-refractivity contribution is 6.30. The molecule has 0 aromatic heterocycles. The van der Waals surface area contributed by atoms with Gasteiger partial charge in [-0.1, -0.05) is 25.4 Å². The third-order valence-electron chi connectivity index (χ3n) is 2.47. The second-order valence-corrected chi connectivity index (χ2v) is 4.45. The van der Waals surface area contributed by atoms with Crippen molar-refractivity contribution in [2.45, 2.75) is 25.9 Å². The van der Waals surface area contributed by atoms with Crippen LogP contribution in [0, 0.1) is 0 Å². The molecule has 0 amide bonds. The quantitative estimate of drug-likeness (QED) is 0.817. The molecule has 0 fully saturated rings. The fourth-order valence-corrected chi connectivity index (χ4v) is 1.76. The molecule has 0 aliphatic carbocycles. The van der Waals surface area contributed by atoms with Crippen LogP contribution in [0.5, 0.6) is 5.75 Å². The van der Waals surface area contributed by atoms with E-state index in [-0.39, 0.29) is 17.2 Å². The van der Waals surface area contributed by atoms with Gasteiger partial charge in [0, 0.05) is 10.6 Å². The number of carbonyl (C=O) groups is 1. The molecule has 0 heterocycles. The number of halogens is 1. The third kappa shape index (κ3) is 2.90. The number of phenolic OH excluding ortho intramolecular Hbond substituents is 1. The Morgan fingerprint density at radius 2 is 1.88 bits per heavy atom. The van der Waals surface area contributed by atoms with Gasteiger partial charge >= 0.3 is 5.97 Å². The zero-order valence-corrected chi connectivity index (χ0v) is 10.7. The monoisotopic (exact) mass is 258 g/mol. The highest BCUT2D eigenvalue weighted by Gasteiger charge is 2.24. The van der Waals surface area contributed by atoms with E-state index in [0.29, 0.717) is 10.6 Å². The molecule has 0 saturated heterocycles. The Morgan fingerprint density at radius 1 is 1.35 bits per heavy atom. The van der Waals surface area contributed by atoms with Gasteiger partial charge in [0.2, 0.25) is 0 Å². The lowest BCUT2D eigenvalue weighted by molar-refractivity contribution is -0.150. The molecule has 0 aliphatic rings. The topological polar surface area (TPSA) is 66.8 Å². The minimum absolute atomic E-state index is 0.0253. The summed E-state index contributed by atoms with van der Waals surface area (Å²) in [6.07, 6.45) is -1.53. The number of rotatable bonds is 3. The largest absolute Gasteiger partial charge is 0.507 e. The van der Waals surface area contributed by atoms with E-state index < -0.39 is 12.1 Å². The van der Waals surface area contributed by atoms with Crippen molar-refractivity contribution in [1.29, 1.82) is 0 Å². The summed E-state index contributed by atoms with van der Waals surface area (Å²) >= 11 is 5.88. The number of aliphatic hydroxyl groups excluding tert-OH is 1. The van der Waals surface area contributed by atoms with E-state index >= 15 is 0 Å². The van der Waals surface area contributed by atoms with Crippen molar-refractivity contribution >= 4 is 17.6 Å². The highest BCUT2D eigenvalue weighted by Crippen LogP contribution is 2.35. The lowest BCUT2D eigenvalue weighted by atomic mass is 9.97. The van der Waals surface area contributed by atoms with Gasteiger partial charge in [0.15, 0.2) is 6.10 Å². The van der Waals surface area contributed by atoms with E-state index in [1.807, 2.05) is 13.8 Å². The van der Waals surface area contributed by atoms with Gasteiger partial charge in [0.25, 0.3) is 0 Å². The molecule has 1 rings (SSSR count). The SMILES string of the molecule is COC(=O)C(O)c1cc(Cl)cc(C(C)C)c1O. The molecule has 5 heteroatoms. The molecule has 1 aromatic carbocycles. The Labute approximate surface area is 105 Å². The minimum Gasteiger partial charge on any atom is -0.507 e. The Hall–Kier alpha value is -1.26. The summed E-state index contributed by atoms with van der Waals surface area (Å²) < 4.78 is 4.42. The van der Waals surface area contributed by atoms with E-state index in [2.05, 4.69) is 4.74 Å². The Bertz CT molecular complexity index is 429. The number of methoxy groups -OCH3 is 1. The number of esters is 1. The number of ether oxygens (including phenoxy) is 1. The second-order valence-electron chi connectivity index (χ2n) is 4.01. The number of carbonyl (C=O) groups excluding carboxylic acids is 1. The van der Waals surface area contributed by atoms with Crippen LogP contribution < -0.4 is 0 Å². The van der Waals surface area contributed by atoms with Crippen molar-refractivity contribution in [3.63, 3.8) is 0 Å². The summed E-state index contributed by atoms with van der Waals surface area (Å²) in [4.78, 5) is 11.2. The predicted octanol–water partition coefficient (Wildman–Crippen LogP) is 2.38. The van der Waals surface area contributed by atoms with Crippen LogP contribution in [0.2, 0.25) is 5.02 Å². The maximum Gasteiger partial charge on any atom is 0.339 e. The molecule has 94 valence electrons. The van der Waals surface area contributed by atoms with Gasteiger partial charge < -0.3 is 14.9 Å². The highest BCUT2D eigenvalue weighted by atomic mass is 35.5. The minimum atomic E-state index is -1.53. The van der Waals surface area contributed by atoms with Gasteiger partial charge in [-0.15, -0.1) is 0 Å². The number of hydrogen-bond acceptors (Lipinski definition) is 4. The molecule has 1 unspecified atom stereocenters. The van der Waals surface area contributed by atoms with Crippen LogP contribution in [0.25, 0.3) is 0 Å². The number of phenols is 1. The first kappa shape index (κ1) is 13.8. The van der Waals surface area contributed by atoms with Crippen molar-refractivity contribution in [3.05, 3.63) is 28.3 Å². The van der Waals surface area contributed by atoms with Crippen molar-refractivity contribution < 1.29 is 19.7 Å². The third-order valence-corrected chi connectivity index (χ3v) is 2.69. The summed E-state index contributed by atoms with van der Waals surface area (Å²) in [6, 6.07) is 2.96. The Balaban J connectivity index is 3.29. The predicted molar refractivity (Wildman–Crippen MR) is 64.2 cm³/mol. The summed E-state index contributed by atoms with van der Waals surface area (Å²) in [5.41, 5.74) is 0.642. The normalized spacial score (nSPS) is 12.6. The van der Waals surface area contributed by atoms with E-state index in [4.69, 9.17) is 11.6 Å². The fraction of sp³-hybridized carbons (Fsp3) is 0.417. The average molecular weight is 259 g/mol. The summed E-state index contributed by atoms with van der Waals surface area (Å²) in [6.45, 7) is 3.75. The van der Waals surface area contributed by atoms with Gasteiger partial charge in [0.05, 0.1) is 7.11 Å². The van der Waals surface area contributed by atoms with E-state index in [0.717, 1.165) is 7.11 Å². The molecule has 1 aromatic rings. The van der Waals surface area contributed by atoms with Crippen molar-refractivity contribution in [3.8, 4) is 5.75 Å². The number of hydrogen-bond donors (Lipinski definition) is 2. The molecule has 0 bridgehead atoms. The molecule has 0 aliphatic heterocycles. The van der Waals surface area contributed by atoms with Crippen LogP contribution in [0.3, 0.4) is 0 Å². The maximum absolute atomic E-state index is 11.2. The molecular formula is C12H15ClO4. The smallest absolute Gasteiger partial charge is 0.339 e. The van der Waals surface area contributed by atoms with Gasteiger partial charge in [-0.3, -0.25) is 0 Å². The van der Waals surface area contributed by atoms with Crippen molar-refractivity contribution in [2.24, 2.45) is 0 Å². The van der Waals surface area contributed by atoms with Crippen LogP contribution in [0.1, 0.15) is 37.0 Å². The summed E-state index contributed by atoms with van der Waals surface area (Å²) in [5.74, 6) is -0.933. The maximum atomic E-state index is 11.2. The number of aliphatic hydroxyl groups is 1. The molecule has 17 heavy (non-hydrogen) atoms. The first-order chi connectivity index (χ1) is 7.88. The van der Waals surface area contributed by atoms with Crippen LogP contribution in [-0.2, 0) is 9.53 Å². The lowest BCUT2D eigenvalue weighted by Gasteiger charge is -2.16. The molecule has 4 nitrogen and oxygen atoms in total. The second kappa shape index (κ2) is 5.38. The van der Waals surface area contributed by atoms with Crippen molar-refractivity contribution in [1.82, 2.24) is 0 Å². The van der Waals surface area contributed by atoms with E-state index in [9.17, 15) is 15.0 Å². The van der Waals surface area contributed by atoms with Gasteiger partial charge in [-0.25, -0.2) is 4.79 Å². The van der Waals surface area contributed by atoms with Crippen LogP contribution in [0.4, 0.5) is 0 Å². The zero-order chi connectivity index (χ0) is 13.2. The molecule has 0 saturated carbocycles. The average Bonchev–Trinajstić information content (AvgIpc) is 2.29. The van der Waals surface area contributed by atoms with Crippen LogP contribution in [0.15, 0.2) is 12.1 Å². The van der Waals surface area contributed by atoms with Gasteiger partial charge in [0.1, 0.15) is 5.75 Å². The van der Waals surface area contributed by atoms with E-state index in [1.165, 1.54) is 6.07 Å². The zero-order valence-electron chi connectivity index (χ0n) is 9.90. The van der Waals surface area contributed by atoms with Gasteiger partial charge in [-0.05, 0) is 23.6 Å². The summed E-state index contributed by atoms with van der Waals surface area (Å²) in [5, 5.41) is 20.0. The lowest BCUT2D eigenvalue weighted by Crippen LogP contribution is -2.14. The number of benzene rings is 1. The standard InChI is InChI=1S/C12H15ClO4/c1-6(2)8-4-7(13)5-9(10(8)14)11(15)12(16)17-3/h4-6,11,14-15H,1-3H3. The van der Waals surface area contributed by atoms with Crippen LogP contribution in [-0.4, -0.2) is 23.3 Å². The van der Waals surface area contributed by atoms with Crippen LogP contribution >= 0.6 is 11.6 Å². The molecule has 1 atom stereocenters. The van der Waals surface area contributed by atoms with Crippen molar-refractivity contribution in [2.75, 3.05) is 7.11 Å². The van der Waals surface area contributed by atoms with Gasteiger partial charge in [-0.2, -0.15) is 0 Å².